The van der Waals surface area contributed by atoms with Gasteiger partial charge in [0.05, 0.1) is 44.1 Å². The van der Waals surface area contributed by atoms with E-state index in [-0.39, 0.29) is 11.9 Å². The van der Waals surface area contributed by atoms with E-state index < -0.39 is 0 Å². The maximum absolute atomic E-state index is 12.7. The SMILES string of the molecule is COc1cc(CNC(=O)CN2CCCC2c2nc3ccccc3s2)cc(OC)c1OC. The fourth-order valence-electron chi connectivity index (χ4n) is 4.01. The monoisotopic (exact) mass is 441 g/mol. The maximum Gasteiger partial charge on any atom is 0.234 e. The van der Waals surface area contributed by atoms with Crippen LogP contribution in [0, 0.1) is 0 Å². The number of amides is 1. The van der Waals surface area contributed by atoms with Gasteiger partial charge in [-0.3, -0.25) is 9.69 Å². The van der Waals surface area contributed by atoms with Gasteiger partial charge in [-0.05, 0) is 49.2 Å². The Labute approximate surface area is 185 Å². The second-order valence-corrected chi connectivity index (χ2v) is 8.52. The van der Waals surface area contributed by atoms with Gasteiger partial charge in [0.1, 0.15) is 5.01 Å². The zero-order valence-corrected chi connectivity index (χ0v) is 18.8. The van der Waals surface area contributed by atoms with Crippen LogP contribution in [0.2, 0.25) is 0 Å². The Hall–Kier alpha value is -2.84. The van der Waals surface area contributed by atoms with E-state index in [1.54, 1.807) is 32.7 Å². The number of nitrogens with one attached hydrogen (secondary N) is 1. The Morgan fingerprint density at radius 3 is 2.58 bits per heavy atom. The molecule has 1 amide bonds. The number of ether oxygens (including phenoxy) is 3. The molecule has 1 atom stereocenters. The number of carbonyl (C=O) groups is 1. The van der Waals surface area contributed by atoms with Gasteiger partial charge in [-0.25, -0.2) is 4.98 Å². The molecule has 1 aliphatic rings. The Kier molecular flexibility index (Phi) is 6.58. The number of nitrogens with zero attached hydrogens (tertiary/aromatic N) is 2. The first-order valence-corrected chi connectivity index (χ1v) is 11.1. The zero-order valence-electron chi connectivity index (χ0n) is 18.0. The largest absolute Gasteiger partial charge is 0.493 e. The summed E-state index contributed by atoms with van der Waals surface area (Å²) in [6.07, 6.45) is 2.10. The Morgan fingerprint density at radius 1 is 1.16 bits per heavy atom. The molecule has 0 aliphatic carbocycles. The van der Waals surface area contributed by atoms with E-state index in [1.165, 1.54) is 4.70 Å². The quantitative estimate of drug-likeness (QED) is 0.574. The molecule has 164 valence electrons. The third kappa shape index (κ3) is 4.60. The molecule has 2 heterocycles. The molecule has 2 aromatic carbocycles. The van der Waals surface area contributed by atoms with Crippen LogP contribution in [-0.2, 0) is 11.3 Å². The molecule has 8 heteroatoms. The zero-order chi connectivity index (χ0) is 21.8. The Balaban J connectivity index is 1.40. The van der Waals surface area contributed by atoms with Crippen molar-refractivity contribution in [2.45, 2.75) is 25.4 Å². The van der Waals surface area contributed by atoms with Crippen LogP contribution in [0.25, 0.3) is 10.2 Å². The highest BCUT2D eigenvalue weighted by molar-refractivity contribution is 7.18. The number of hydrogen-bond acceptors (Lipinski definition) is 7. The number of fused-ring (bicyclic) bond motifs is 1. The molecule has 1 unspecified atom stereocenters. The van der Waals surface area contributed by atoms with E-state index in [1.807, 2.05) is 30.3 Å². The molecule has 1 aliphatic heterocycles. The molecular formula is C23H27N3O4S. The first kappa shape index (κ1) is 21.4. The molecular weight excluding hydrogens is 414 g/mol. The van der Waals surface area contributed by atoms with Crippen LogP contribution in [0.1, 0.15) is 29.5 Å². The van der Waals surface area contributed by atoms with Crippen LogP contribution in [0.3, 0.4) is 0 Å². The number of hydrogen-bond donors (Lipinski definition) is 1. The van der Waals surface area contributed by atoms with Crippen molar-refractivity contribution in [1.29, 1.82) is 0 Å². The van der Waals surface area contributed by atoms with Crippen LogP contribution in [0.5, 0.6) is 17.2 Å². The summed E-state index contributed by atoms with van der Waals surface area (Å²) in [5.41, 5.74) is 1.91. The van der Waals surface area contributed by atoms with Crippen LogP contribution >= 0.6 is 11.3 Å². The van der Waals surface area contributed by atoms with Crippen LogP contribution in [0.4, 0.5) is 0 Å². The van der Waals surface area contributed by atoms with Gasteiger partial charge >= 0.3 is 0 Å². The molecule has 7 nitrogen and oxygen atoms in total. The number of para-hydroxylation sites is 1. The number of methoxy groups -OCH3 is 3. The summed E-state index contributed by atoms with van der Waals surface area (Å²) in [7, 11) is 4.73. The van der Waals surface area contributed by atoms with Crippen molar-refractivity contribution in [3.05, 3.63) is 47.0 Å². The van der Waals surface area contributed by atoms with Gasteiger partial charge in [-0.2, -0.15) is 0 Å². The van der Waals surface area contributed by atoms with Gasteiger partial charge in [0.2, 0.25) is 11.7 Å². The van der Waals surface area contributed by atoms with E-state index in [4.69, 9.17) is 19.2 Å². The minimum absolute atomic E-state index is 0.0123. The number of benzene rings is 2. The van der Waals surface area contributed by atoms with Crippen molar-refractivity contribution >= 4 is 27.5 Å². The Bertz CT molecular complexity index is 1010. The lowest BCUT2D eigenvalue weighted by atomic mass is 10.1. The molecule has 1 N–H and O–H groups in total. The topological polar surface area (TPSA) is 72.9 Å². The van der Waals surface area contributed by atoms with Gasteiger partial charge < -0.3 is 19.5 Å². The molecule has 0 radical (unpaired) electrons. The summed E-state index contributed by atoms with van der Waals surface area (Å²) >= 11 is 1.72. The Morgan fingerprint density at radius 2 is 1.90 bits per heavy atom. The summed E-state index contributed by atoms with van der Waals surface area (Å²) in [6.45, 7) is 1.64. The summed E-state index contributed by atoms with van der Waals surface area (Å²) in [5, 5.41) is 4.11. The van der Waals surface area contributed by atoms with Crippen LogP contribution in [0.15, 0.2) is 36.4 Å². The van der Waals surface area contributed by atoms with E-state index in [9.17, 15) is 4.79 Å². The minimum atomic E-state index is -0.0123. The lowest BCUT2D eigenvalue weighted by molar-refractivity contribution is -0.122. The molecule has 31 heavy (non-hydrogen) atoms. The normalized spacial score (nSPS) is 16.4. The molecule has 0 bridgehead atoms. The molecule has 1 fully saturated rings. The van der Waals surface area contributed by atoms with Crippen LogP contribution in [-0.4, -0.2) is 50.2 Å². The van der Waals surface area contributed by atoms with Crippen molar-refractivity contribution < 1.29 is 19.0 Å². The van der Waals surface area contributed by atoms with Gasteiger partial charge in [0.25, 0.3) is 0 Å². The average molecular weight is 442 g/mol. The predicted octanol–water partition coefficient (Wildman–Crippen LogP) is 3.78. The summed E-state index contributed by atoms with van der Waals surface area (Å²) < 4.78 is 17.3. The number of thiazole rings is 1. The summed E-state index contributed by atoms with van der Waals surface area (Å²) in [6, 6.07) is 12.1. The van der Waals surface area contributed by atoms with E-state index in [0.717, 1.165) is 35.5 Å². The second-order valence-electron chi connectivity index (χ2n) is 7.46. The fourth-order valence-corrected chi connectivity index (χ4v) is 5.14. The van der Waals surface area contributed by atoms with Crippen molar-refractivity contribution in [2.24, 2.45) is 0 Å². The maximum atomic E-state index is 12.7. The molecule has 1 saturated heterocycles. The highest BCUT2D eigenvalue weighted by Gasteiger charge is 2.30. The predicted molar refractivity (Wildman–Crippen MR) is 121 cm³/mol. The smallest absolute Gasteiger partial charge is 0.234 e. The van der Waals surface area contributed by atoms with Crippen molar-refractivity contribution in [3.8, 4) is 17.2 Å². The third-order valence-electron chi connectivity index (χ3n) is 5.52. The average Bonchev–Trinajstić information content (AvgIpc) is 3.43. The van der Waals surface area contributed by atoms with Crippen molar-refractivity contribution in [1.82, 2.24) is 15.2 Å². The van der Waals surface area contributed by atoms with E-state index >= 15 is 0 Å². The molecule has 3 aromatic rings. The molecule has 4 rings (SSSR count). The van der Waals surface area contributed by atoms with Crippen LogP contribution < -0.4 is 19.5 Å². The van der Waals surface area contributed by atoms with Crippen molar-refractivity contribution in [2.75, 3.05) is 34.4 Å². The molecule has 0 spiro atoms. The van der Waals surface area contributed by atoms with E-state index in [2.05, 4.69) is 16.3 Å². The first-order chi connectivity index (χ1) is 15.1. The summed E-state index contributed by atoms with van der Waals surface area (Å²) in [5.74, 6) is 1.67. The first-order valence-electron chi connectivity index (χ1n) is 10.3. The lowest BCUT2D eigenvalue weighted by Crippen LogP contribution is -2.36. The van der Waals surface area contributed by atoms with Gasteiger partial charge in [-0.15, -0.1) is 11.3 Å². The second kappa shape index (κ2) is 9.53. The highest BCUT2D eigenvalue weighted by Crippen LogP contribution is 2.38. The standard InChI is InChI=1S/C23H27N3O4S/c1-28-18-11-15(12-19(29-2)22(18)30-3)13-24-21(27)14-26-10-6-8-17(26)23-25-16-7-4-5-9-20(16)31-23/h4-5,7,9,11-12,17H,6,8,10,13-14H2,1-3H3,(H,24,27). The highest BCUT2D eigenvalue weighted by atomic mass is 32.1. The van der Waals surface area contributed by atoms with E-state index in [0.29, 0.717) is 30.3 Å². The summed E-state index contributed by atoms with van der Waals surface area (Å²) in [4.78, 5) is 19.7. The number of rotatable bonds is 8. The molecule has 1 aromatic heterocycles. The van der Waals surface area contributed by atoms with Crippen molar-refractivity contribution in [3.63, 3.8) is 0 Å². The lowest BCUT2D eigenvalue weighted by Gasteiger charge is -2.22. The number of likely N-dealkylation sites (tertiary alicyclic amines) is 1. The fraction of sp³-hybridized carbons (Fsp3) is 0.391. The van der Waals surface area contributed by atoms with Gasteiger partial charge in [-0.1, -0.05) is 12.1 Å². The van der Waals surface area contributed by atoms with Gasteiger partial charge in [0, 0.05) is 6.54 Å². The molecule has 0 saturated carbocycles. The third-order valence-corrected chi connectivity index (χ3v) is 6.66. The number of aromatic nitrogens is 1. The van der Waals surface area contributed by atoms with Gasteiger partial charge in [0.15, 0.2) is 11.5 Å². The number of carbonyl (C=O) groups excluding carboxylic acids is 1. The minimum Gasteiger partial charge on any atom is -0.493 e.